The van der Waals surface area contributed by atoms with Crippen molar-refractivity contribution in [3.05, 3.63) is 63.6 Å². The summed E-state index contributed by atoms with van der Waals surface area (Å²) >= 11 is 12.3. The molecule has 2 aromatic rings. The lowest BCUT2D eigenvalue weighted by atomic mass is 9.96. The van der Waals surface area contributed by atoms with E-state index in [2.05, 4.69) is 4.90 Å². The van der Waals surface area contributed by atoms with Gasteiger partial charge in [-0.15, -0.1) is 0 Å². The van der Waals surface area contributed by atoms with E-state index in [9.17, 15) is 13.2 Å². The highest BCUT2D eigenvalue weighted by atomic mass is 35.5. The summed E-state index contributed by atoms with van der Waals surface area (Å²) in [6, 6.07) is 12.2. The average Bonchev–Trinajstić information content (AvgIpc) is 2.93. The van der Waals surface area contributed by atoms with Crippen molar-refractivity contribution in [2.45, 2.75) is 42.8 Å². The minimum atomic E-state index is -3.94. The number of halogens is 2. The number of morpholine rings is 1. The molecule has 206 valence electrons. The monoisotopic (exact) mass is 581 g/mol. The van der Waals surface area contributed by atoms with Crippen LogP contribution in [0.4, 0.5) is 0 Å². The topological polar surface area (TPSA) is 79.4 Å². The fourth-order valence-electron chi connectivity index (χ4n) is 5.59. The van der Waals surface area contributed by atoms with E-state index < -0.39 is 16.1 Å². The van der Waals surface area contributed by atoms with E-state index in [-0.39, 0.29) is 35.6 Å². The van der Waals surface area contributed by atoms with Gasteiger partial charge in [0.2, 0.25) is 15.9 Å². The number of hydrogen-bond acceptors (Lipinski definition) is 6. The Morgan fingerprint density at radius 3 is 2.42 bits per heavy atom. The molecular weight excluding hydrogens is 549 g/mol. The zero-order valence-electron chi connectivity index (χ0n) is 21.2. The predicted molar refractivity (Wildman–Crippen MR) is 146 cm³/mol. The van der Waals surface area contributed by atoms with Crippen molar-refractivity contribution in [1.29, 1.82) is 0 Å². The fourth-order valence-corrected chi connectivity index (χ4v) is 7.93. The molecule has 0 radical (unpaired) electrons. The van der Waals surface area contributed by atoms with Crippen LogP contribution in [-0.4, -0.2) is 93.1 Å². The van der Waals surface area contributed by atoms with Gasteiger partial charge in [0.25, 0.3) is 0 Å². The van der Waals surface area contributed by atoms with Gasteiger partial charge in [0.1, 0.15) is 11.5 Å². The van der Waals surface area contributed by atoms with Crippen molar-refractivity contribution >= 4 is 39.1 Å². The molecule has 0 bridgehead atoms. The molecule has 38 heavy (non-hydrogen) atoms. The van der Waals surface area contributed by atoms with Crippen molar-refractivity contribution in [3.8, 4) is 0 Å². The van der Waals surface area contributed by atoms with E-state index in [4.69, 9.17) is 32.7 Å². The molecular formula is C27H33Cl2N3O5S. The van der Waals surface area contributed by atoms with Crippen molar-refractivity contribution < 1.29 is 22.7 Å². The molecule has 5 rings (SSSR count). The highest BCUT2D eigenvalue weighted by Crippen LogP contribution is 2.33. The summed E-state index contributed by atoms with van der Waals surface area (Å²) in [7, 11) is -3.94. The van der Waals surface area contributed by atoms with Crippen molar-refractivity contribution in [2.75, 3.05) is 52.6 Å². The van der Waals surface area contributed by atoms with E-state index in [1.54, 1.807) is 0 Å². The molecule has 2 aromatic carbocycles. The summed E-state index contributed by atoms with van der Waals surface area (Å²) in [5.41, 5.74) is 2.02. The smallest absolute Gasteiger partial charge is 0.248 e. The third-order valence-electron chi connectivity index (χ3n) is 7.70. The van der Waals surface area contributed by atoms with Gasteiger partial charge in [0.05, 0.1) is 30.9 Å². The molecule has 1 atom stereocenters. The number of carbonyl (C=O) groups is 1. The molecule has 3 aliphatic rings. The second-order valence-corrected chi connectivity index (χ2v) is 12.7. The number of sulfonamides is 1. The first-order valence-electron chi connectivity index (χ1n) is 13.0. The van der Waals surface area contributed by atoms with Crippen LogP contribution in [0.1, 0.15) is 24.0 Å². The van der Waals surface area contributed by atoms with Gasteiger partial charge in [-0.3, -0.25) is 9.69 Å². The molecule has 8 nitrogen and oxygen atoms in total. The van der Waals surface area contributed by atoms with E-state index >= 15 is 0 Å². The van der Waals surface area contributed by atoms with E-state index in [1.807, 2.05) is 29.2 Å². The maximum Gasteiger partial charge on any atom is 0.248 e. The van der Waals surface area contributed by atoms with Gasteiger partial charge in [-0.05, 0) is 48.6 Å². The van der Waals surface area contributed by atoms with Crippen LogP contribution in [-0.2, 0) is 37.3 Å². The normalized spacial score (nSPS) is 21.8. The van der Waals surface area contributed by atoms with Crippen molar-refractivity contribution in [2.24, 2.45) is 0 Å². The molecule has 0 aliphatic carbocycles. The SMILES string of the molecule is O=C(COCC1Cc2ccccc2CN1S(=O)(=O)c1ccc(Cl)cc1Cl)N1CCC(N2CCOCC2)CC1. The first kappa shape index (κ1) is 27.8. The second kappa shape index (κ2) is 12.2. The van der Waals surface area contributed by atoms with Gasteiger partial charge in [-0.2, -0.15) is 4.31 Å². The molecule has 11 heteroatoms. The van der Waals surface area contributed by atoms with Crippen LogP contribution in [0.15, 0.2) is 47.4 Å². The fraction of sp³-hybridized carbons (Fsp3) is 0.519. The summed E-state index contributed by atoms with van der Waals surface area (Å²) in [6.45, 7) is 5.09. The zero-order valence-corrected chi connectivity index (χ0v) is 23.6. The summed E-state index contributed by atoms with van der Waals surface area (Å²) in [5, 5.41) is 0.442. The first-order chi connectivity index (χ1) is 18.3. The molecule has 1 unspecified atom stereocenters. The standard InChI is InChI=1S/C27H33Cl2N3O5S/c28-22-5-6-26(25(29)16-22)38(34,35)32-17-21-4-2-1-3-20(21)15-24(32)18-37-19-27(33)31-9-7-23(8-10-31)30-11-13-36-14-12-30/h1-6,16,23-24H,7-15,17-19H2. The quantitative estimate of drug-likeness (QED) is 0.498. The van der Waals surface area contributed by atoms with Crippen LogP contribution >= 0.6 is 23.2 Å². The van der Waals surface area contributed by atoms with Crippen LogP contribution in [0.25, 0.3) is 0 Å². The third-order valence-corrected chi connectivity index (χ3v) is 10.3. The Morgan fingerprint density at radius 2 is 1.71 bits per heavy atom. The summed E-state index contributed by atoms with van der Waals surface area (Å²) in [6.07, 6.45) is 2.37. The van der Waals surface area contributed by atoms with Crippen LogP contribution in [0, 0.1) is 0 Å². The molecule has 0 spiro atoms. The number of nitrogens with zero attached hydrogens (tertiary/aromatic N) is 3. The molecule has 0 N–H and O–H groups in total. The number of carbonyl (C=O) groups excluding carboxylic acids is 1. The van der Waals surface area contributed by atoms with Crippen LogP contribution < -0.4 is 0 Å². The highest BCUT2D eigenvalue weighted by Gasteiger charge is 2.37. The number of hydrogen-bond donors (Lipinski definition) is 0. The number of ether oxygens (including phenoxy) is 2. The lowest BCUT2D eigenvalue weighted by molar-refractivity contribution is -0.138. The van der Waals surface area contributed by atoms with Gasteiger partial charge in [0, 0.05) is 43.8 Å². The maximum absolute atomic E-state index is 13.7. The summed E-state index contributed by atoms with van der Waals surface area (Å²) in [5.74, 6) is -0.0585. The Morgan fingerprint density at radius 1 is 1.00 bits per heavy atom. The predicted octanol–water partition coefficient (Wildman–Crippen LogP) is 3.45. The largest absolute Gasteiger partial charge is 0.379 e. The minimum Gasteiger partial charge on any atom is -0.379 e. The van der Waals surface area contributed by atoms with Gasteiger partial charge < -0.3 is 14.4 Å². The van der Waals surface area contributed by atoms with E-state index in [0.29, 0.717) is 30.6 Å². The van der Waals surface area contributed by atoms with Crippen molar-refractivity contribution in [1.82, 2.24) is 14.1 Å². The number of amides is 1. The average molecular weight is 583 g/mol. The van der Waals surface area contributed by atoms with Crippen molar-refractivity contribution in [3.63, 3.8) is 0 Å². The van der Waals surface area contributed by atoms with E-state index in [1.165, 1.54) is 22.5 Å². The number of benzene rings is 2. The highest BCUT2D eigenvalue weighted by molar-refractivity contribution is 7.89. The Labute approximate surface area is 234 Å². The number of likely N-dealkylation sites (tertiary alicyclic amines) is 1. The van der Waals surface area contributed by atoms with E-state index in [0.717, 1.165) is 50.3 Å². The molecule has 0 aromatic heterocycles. The maximum atomic E-state index is 13.7. The number of piperidine rings is 1. The second-order valence-electron chi connectivity index (χ2n) is 10.0. The summed E-state index contributed by atoms with van der Waals surface area (Å²) < 4.78 is 40.2. The van der Waals surface area contributed by atoms with Gasteiger partial charge in [-0.25, -0.2) is 8.42 Å². The Hall–Kier alpha value is -1.72. The Kier molecular flexibility index (Phi) is 8.94. The number of rotatable bonds is 7. The number of fused-ring (bicyclic) bond motifs is 1. The van der Waals surface area contributed by atoms with Crippen LogP contribution in [0.5, 0.6) is 0 Å². The Balaban J connectivity index is 1.22. The molecule has 3 aliphatic heterocycles. The lowest BCUT2D eigenvalue weighted by Gasteiger charge is -2.40. The molecule has 0 saturated carbocycles. The molecule has 3 heterocycles. The zero-order chi connectivity index (χ0) is 26.7. The van der Waals surface area contributed by atoms with Crippen LogP contribution in [0.2, 0.25) is 10.0 Å². The van der Waals surface area contributed by atoms with Crippen LogP contribution in [0.3, 0.4) is 0 Å². The van der Waals surface area contributed by atoms with Gasteiger partial charge >= 0.3 is 0 Å². The molecule has 2 fully saturated rings. The van der Waals surface area contributed by atoms with Gasteiger partial charge in [0.15, 0.2) is 0 Å². The van der Waals surface area contributed by atoms with Gasteiger partial charge in [-0.1, -0.05) is 47.5 Å². The summed E-state index contributed by atoms with van der Waals surface area (Å²) in [4.78, 5) is 17.2. The first-order valence-corrected chi connectivity index (χ1v) is 15.2. The molecule has 1 amide bonds. The lowest BCUT2D eigenvalue weighted by Crippen LogP contribution is -2.51. The minimum absolute atomic E-state index is 0.00663. The molecule has 2 saturated heterocycles. The Bertz CT molecular complexity index is 1250. The third kappa shape index (κ3) is 6.20.